The van der Waals surface area contributed by atoms with Crippen LogP contribution < -0.4 is 4.72 Å². The summed E-state index contributed by atoms with van der Waals surface area (Å²) in [5, 5.41) is 0.543. The van der Waals surface area contributed by atoms with Crippen LogP contribution in [0.2, 0.25) is 0 Å². The van der Waals surface area contributed by atoms with Gasteiger partial charge in [-0.3, -0.25) is 0 Å². The van der Waals surface area contributed by atoms with E-state index in [-0.39, 0.29) is 17.9 Å². The Morgan fingerprint density at radius 3 is 2.68 bits per heavy atom. The first-order valence-electron chi connectivity index (χ1n) is 6.33. The molecule has 1 N–H and O–H groups in total. The number of rotatable bonds is 6. The van der Waals surface area contributed by atoms with E-state index in [1.54, 1.807) is 0 Å². The Balaban J connectivity index is 2.00. The topological polar surface area (TPSA) is 55.4 Å². The fraction of sp³-hybridized carbons (Fsp3) is 0.538. The predicted octanol–water partition coefficient (Wildman–Crippen LogP) is 2.22. The van der Waals surface area contributed by atoms with Crippen molar-refractivity contribution < 1.29 is 13.2 Å². The predicted molar refractivity (Wildman–Crippen MR) is 78.9 cm³/mol. The number of halogens is 1. The van der Waals surface area contributed by atoms with Gasteiger partial charge >= 0.3 is 0 Å². The maximum Gasteiger partial charge on any atom is 0.214 e. The van der Waals surface area contributed by atoms with Crippen LogP contribution in [0, 0.1) is 0 Å². The number of alkyl halides is 1. The molecule has 2 unspecified atom stereocenters. The number of hydrogen-bond donors (Lipinski definition) is 1. The van der Waals surface area contributed by atoms with E-state index in [0.29, 0.717) is 11.9 Å². The molecule has 1 aliphatic rings. The highest BCUT2D eigenvalue weighted by Gasteiger charge is 2.25. The zero-order valence-corrected chi connectivity index (χ0v) is 13.0. The van der Waals surface area contributed by atoms with Gasteiger partial charge in [0.1, 0.15) is 0 Å². The highest BCUT2D eigenvalue weighted by atomic mass is 79.9. The van der Waals surface area contributed by atoms with Crippen LogP contribution >= 0.6 is 15.9 Å². The van der Waals surface area contributed by atoms with E-state index in [9.17, 15) is 8.42 Å². The fourth-order valence-electron chi connectivity index (χ4n) is 2.16. The van der Waals surface area contributed by atoms with Gasteiger partial charge in [0.2, 0.25) is 10.0 Å². The molecule has 0 saturated carbocycles. The lowest BCUT2D eigenvalue weighted by Gasteiger charge is -2.18. The molecule has 1 aliphatic heterocycles. The SMILES string of the molecule is O=S(=O)(CC1CCCO1)NC(CBr)c1ccccc1. The Morgan fingerprint density at radius 1 is 1.37 bits per heavy atom. The molecular formula is C13H18BrNO3S. The van der Waals surface area contributed by atoms with Crippen LogP contribution in [0.1, 0.15) is 24.4 Å². The molecule has 1 fully saturated rings. The Bertz CT molecular complexity index is 486. The van der Waals surface area contributed by atoms with Crippen molar-refractivity contribution >= 4 is 26.0 Å². The van der Waals surface area contributed by atoms with Crippen molar-refractivity contribution in [2.75, 3.05) is 17.7 Å². The molecule has 0 radical (unpaired) electrons. The van der Waals surface area contributed by atoms with Crippen LogP contribution in [0.15, 0.2) is 30.3 Å². The second-order valence-electron chi connectivity index (χ2n) is 4.65. The number of benzene rings is 1. The van der Waals surface area contributed by atoms with Gasteiger partial charge in [0, 0.05) is 11.9 Å². The Hall–Kier alpha value is -0.430. The van der Waals surface area contributed by atoms with E-state index in [2.05, 4.69) is 20.7 Å². The van der Waals surface area contributed by atoms with Crippen molar-refractivity contribution in [2.24, 2.45) is 0 Å². The first-order valence-corrected chi connectivity index (χ1v) is 9.10. The largest absolute Gasteiger partial charge is 0.377 e. The van der Waals surface area contributed by atoms with Gasteiger partial charge in [-0.2, -0.15) is 0 Å². The second kappa shape index (κ2) is 6.83. The van der Waals surface area contributed by atoms with Gasteiger partial charge in [0.25, 0.3) is 0 Å². The summed E-state index contributed by atoms with van der Waals surface area (Å²) in [4.78, 5) is 0. The van der Waals surface area contributed by atoms with Crippen LogP contribution in [0.5, 0.6) is 0 Å². The van der Waals surface area contributed by atoms with Crippen LogP contribution in [-0.4, -0.2) is 32.2 Å². The van der Waals surface area contributed by atoms with Gasteiger partial charge in [-0.05, 0) is 18.4 Å². The molecular weight excluding hydrogens is 330 g/mol. The van der Waals surface area contributed by atoms with Crippen LogP contribution in [0.3, 0.4) is 0 Å². The first-order chi connectivity index (χ1) is 9.11. The van der Waals surface area contributed by atoms with Crippen molar-refractivity contribution in [3.8, 4) is 0 Å². The van der Waals surface area contributed by atoms with E-state index in [1.807, 2.05) is 30.3 Å². The van der Waals surface area contributed by atoms with Crippen molar-refractivity contribution in [1.82, 2.24) is 4.72 Å². The average Bonchev–Trinajstić information content (AvgIpc) is 2.89. The highest BCUT2D eigenvalue weighted by molar-refractivity contribution is 9.09. The standard InChI is InChI=1S/C13H18BrNO3S/c14-9-13(11-5-2-1-3-6-11)15-19(16,17)10-12-7-4-8-18-12/h1-3,5-6,12-13,15H,4,7-10H2. The Labute approximate surface area is 122 Å². The summed E-state index contributed by atoms with van der Waals surface area (Å²) in [6, 6.07) is 9.31. The van der Waals surface area contributed by atoms with Crippen LogP contribution in [0.4, 0.5) is 0 Å². The molecule has 0 aliphatic carbocycles. The van der Waals surface area contributed by atoms with Crippen molar-refractivity contribution in [3.05, 3.63) is 35.9 Å². The number of ether oxygens (including phenoxy) is 1. The third kappa shape index (κ3) is 4.56. The molecule has 6 heteroatoms. The molecule has 2 atom stereocenters. The number of hydrogen-bond acceptors (Lipinski definition) is 3. The molecule has 1 saturated heterocycles. The summed E-state index contributed by atoms with van der Waals surface area (Å²) in [6.07, 6.45) is 1.61. The zero-order chi connectivity index (χ0) is 13.7. The lowest BCUT2D eigenvalue weighted by molar-refractivity contribution is 0.127. The van der Waals surface area contributed by atoms with Gasteiger partial charge in [-0.1, -0.05) is 46.3 Å². The molecule has 1 aromatic rings. The molecule has 19 heavy (non-hydrogen) atoms. The zero-order valence-electron chi connectivity index (χ0n) is 10.6. The Morgan fingerprint density at radius 2 is 2.11 bits per heavy atom. The maximum absolute atomic E-state index is 12.1. The smallest absolute Gasteiger partial charge is 0.214 e. The van der Waals surface area contributed by atoms with E-state index in [1.165, 1.54) is 0 Å². The van der Waals surface area contributed by atoms with Crippen LogP contribution in [-0.2, 0) is 14.8 Å². The molecule has 1 aromatic carbocycles. The molecule has 0 bridgehead atoms. The summed E-state index contributed by atoms with van der Waals surface area (Å²) in [5.41, 5.74) is 0.954. The molecule has 106 valence electrons. The molecule has 2 rings (SSSR count). The van der Waals surface area contributed by atoms with Gasteiger partial charge in [-0.15, -0.1) is 0 Å². The Kier molecular flexibility index (Phi) is 5.38. The molecule has 0 aromatic heterocycles. The monoisotopic (exact) mass is 347 g/mol. The van der Waals surface area contributed by atoms with E-state index < -0.39 is 10.0 Å². The molecule has 4 nitrogen and oxygen atoms in total. The minimum absolute atomic E-state index is 0.0450. The van der Waals surface area contributed by atoms with Gasteiger partial charge in [0.05, 0.1) is 17.9 Å². The summed E-state index contributed by atoms with van der Waals surface area (Å²) in [7, 11) is -3.33. The third-order valence-corrected chi connectivity index (χ3v) is 5.21. The van der Waals surface area contributed by atoms with Crippen molar-refractivity contribution in [3.63, 3.8) is 0 Å². The van der Waals surface area contributed by atoms with Gasteiger partial charge in [0.15, 0.2) is 0 Å². The summed E-state index contributed by atoms with van der Waals surface area (Å²) in [5.74, 6) is 0.0450. The molecule has 0 spiro atoms. The minimum atomic E-state index is -3.33. The second-order valence-corrected chi connectivity index (χ2v) is 7.10. The van der Waals surface area contributed by atoms with E-state index in [0.717, 1.165) is 18.4 Å². The van der Waals surface area contributed by atoms with E-state index >= 15 is 0 Å². The van der Waals surface area contributed by atoms with Crippen molar-refractivity contribution in [2.45, 2.75) is 25.0 Å². The maximum atomic E-state index is 12.1. The lowest BCUT2D eigenvalue weighted by atomic mass is 10.1. The fourth-order valence-corrected chi connectivity index (χ4v) is 4.41. The normalized spacial score (nSPS) is 21.4. The van der Waals surface area contributed by atoms with E-state index in [4.69, 9.17) is 4.74 Å². The summed E-state index contributed by atoms with van der Waals surface area (Å²) >= 11 is 3.36. The van der Waals surface area contributed by atoms with Gasteiger partial charge < -0.3 is 4.74 Å². The average molecular weight is 348 g/mol. The molecule has 0 amide bonds. The minimum Gasteiger partial charge on any atom is -0.377 e. The first kappa shape index (κ1) is 15.0. The number of sulfonamides is 1. The summed E-state index contributed by atoms with van der Waals surface area (Å²) in [6.45, 7) is 0.667. The van der Waals surface area contributed by atoms with Crippen LogP contribution in [0.25, 0.3) is 0 Å². The highest BCUT2D eigenvalue weighted by Crippen LogP contribution is 2.18. The quantitative estimate of drug-likeness (QED) is 0.802. The third-order valence-electron chi connectivity index (χ3n) is 3.11. The molecule has 1 heterocycles. The van der Waals surface area contributed by atoms with Gasteiger partial charge in [-0.25, -0.2) is 13.1 Å². The summed E-state index contributed by atoms with van der Waals surface area (Å²) < 4.78 is 32.3. The number of nitrogens with one attached hydrogen (secondary N) is 1. The lowest BCUT2D eigenvalue weighted by Crippen LogP contribution is -2.35. The van der Waals surface area contributed by atoms with Crippen molar-refractivity contribution in [1.29, 1.82) is 0 Å².